The molecule has 3 N–H and O–H groups in total. The van der Waals surface area contributed by atoms with Crippen molar-refractivity contribution in [1.82, 2.24) is 0 Å². The Labute approximate surface area is 83.0 Å². The van der Waals surface area contributed by atoms with Crippen molar-refractivity contribution in [2.75, 3.05) is 6.54 Å². The molecule has 0 radical (unpaired) electrons. The first-order valence-corrected chi connectivity index (χ1v) is 4.98. The first kappa shape index (κ1) is 16.9. The second-order valence-corrected chi connectivity index (χ2v) is 3.66. The third kappa shape index (κ3) is 11.4. The molecule has 0 fully saturated rings. The number of hydrogen-bond donors (Lipinski definition) is 2. The molecular weight excluding hydrogens is 249 g/mol. The molecule has 0 bridgehead atoms. The molecule has 0 aromatic heterocycles. The normalized spacial score (nSPS) is 12.3. The summed E-state index contributed by atoms with van der Waals surface area (Å²) in [5.74, 6) is 0. The Morgan fingerprint density at radius 3 is 1.67 bits per heavy atom. The monoisotopic (exact) mass is 259 g/mol. The van der Waals surface area contributed by atoms with Crippen LogP contribution in [0.2, 0.25) is 0 Å². The Bertz CT molecular complexity index is 250. The van der Waals surface area contributed by atoms with Crippen LogP contribution in [0.1, 0.15) is 12.8 Å². The summed E-state index contributed by atoms with van der Waals surface area (Å²) in [6.45, 7) is 0.365. The smallest absolute Gasteiger partial charge is 0.330 e. The van der Waals surface area contributed by atoms with Crippen LogP contribution in [0.5, 0.6) is 0 Å². The molecule has 0 spiro atoms. The molecule has 0 aliphatic heterocycles. The topological polar surface area (TPSA) is 80.4 Å². The van der Waals surface area contributed by atoms with Gasteiger partial charge in [0.05, 0.1) is 0 Å². The zero-order chi connectivity index (χ0) is 12.7. The Morgan fingerprint density at radius 1 is 1.27 bits per heavy atom. The van der Waals surface area contributed by atoms with Crippen molar-refractivity contribution < 1.29 is 34.9 Å². The summed E-state index contributed by atoms with van der Waals surface area (Å²) in [6, 6.07) is 0. The molecule has 0 aliphatic carbocycles. The van der Waals surface area contributed by atoms with Gasteiger partial charge < -0.3 is 5.73 Å². The first-order chi connectivity index (χ1) is 6.52. The zero-order valence-corrected chi connectivity index (χ0v) is 8.15. The number of halogens is 5. The summed E-state index contributed by atoms with van der Waals surface area (Å²) in [7, 11) is -5.84. The Morgan fingerprint density at radius 2 is 1.60 bits per heavy atom. The minimum absolute atomic E-state index is 0.0590. The highest BCUT2D eigenvalue weighted by atomic mass is 32.2. The van der Waals surface area contributed by atoms with Gasteiger partial charge in [-0.1, -0.05) is 0 Å². The lowest BCUT2D eigenvalue weighted by molar-refractivity contribution is -0.0510. The number of nitrogens with two attached hydrogens (primary N) is 1. The van der Waals surface area contributed by atoms with Gasteiger partial charge in [0.2, 0.25) is 6.43 Å². The molecular formula is C5H10F5NO3S. The van der Waals surface area contributed by atoms with E-state index in [1.807, 2.05) is 0 Å². The van der Waals surface area contributed by atoms with E-state index in [1.54, 1.807) is 0 Å². The number of hydrogen-bond acceptors (Lipinski definition) is 3. The average Bonchev–Trinajstić information content (AvgIpc) is 1.98. The van der Waals surface area contributed by atoms with E-state index in [1.165, 1.54) is 0 Å². The molecule has 10 heteroatoms. The molecule has 0 amide bonds. The molecule has 4 nitrogen and oxygen atoms in total. The van der Waals surface area contributed by atoms with E-state index < -0.39 is 22.1 Å². The molecule has 94 valence electrons. The molecule has 15 heavy (non-hydrogen) atoms. The van der Waals surface area contributed by atoms with Crippen LogP contribution in [0.25, 0.3) is 0 Å². The van der Waals surface area contributed by atoms with Gasteiger partial charge in [0.25, 0.3) is 0 Å². The Hall–Kier alpha value is -0.480. The van der Waals surface area contributed by atoms with Crippen LogP contribution in [0.15, 0.2) is 0 Å². The Kier molecular flexibility index (Phi) is 7.79. The second-order valence-electron chi connectivity index (χ2n) is 2.24. The lowest BCUT2D eigenvalue weighted by Crippen LogP contribution is -2.21. The summed E-state index contributed by atoms with van der Waals surface area (Å²) in [5, 5.41) is 0. The molecule has 0 aromatic carbocycles. The van der Waals surface area contributed by atoms with Crippen molar-refractivity contribution in [2.45, 2.75) is 24.8 Å². The van der Waals surface area contributed by atoms with Crippen LogP contribution in [0, 0.1) is 0 Å². The highest BCUT2D eigenvalue weighted by Gasteiger charge is 2.44. The zero-order valence-electron chi connectivity index (χ0n) is 7.34. The van der Waals surface area contributed by atoms with Crippen molar-refractivity contribution >= 4 is 10.1 Å². The van der Waals surface area contributed by atoms with Gasteiger partial charge in [-0.3, -0.25) is 4.55 Å². The highest BCUT2D eigenvalue weighted by Crippen LogP contribution is 2.20. The third-order valence-electron chi connectivity index (χ3n) is 0.919. The third-order valence-corrected chi connectivity index (χ3v) is 1.50. The molecule has 0 aliphatic rings. The SMILES string of the molecule is NCCCC(F)F.O=S(=O)(O)C(F)(F)F. The van der Waals surface area contributed by atoms with Crippen LogP contribution in [0.3, 0.4) is 0 Å². The van der Waals surface area contributed by atoms with E-state index in [4.69, 9.17) is 18.7 Å². The summed E-state index contributed by atoms with van der Waals surface area (Å²) in [6.07, 6.45) is -1.81. The minimum atomic E-state index is -5.84. The number of rotatable bonds is 3. The van der Waals surface area contributed by atoms with Crippen molar-refractivity contribution in [2.24, 2.45) is 5.73 Å². The lowest BCUT2D eigenvalue weighted by atomic mass is 10.3. The highest BCUT2D eigenvalue weighted by molar-refractivity contribution is 7.86. The van der Waals surface area contributed by atoms with Gasteiger partial charge in [0, 0.05) is 6.42 Å². The van der Waals surface area contributed by atoms with Gasteiger partial charge in [-0.05, 0) is 13.0 Å². The van der Waals surface area contributed by atoms with Gasteiger partial charge >= 0.3 is 15.6 Å². The van der Waals surface area contributed by atoms with Crippen LogP contribution in [-0.2, 0) is 10.1 Å². The maximum absolute atomic E-state index is 11.2. The van der Waals surface area contributed by atoms with Gasteiger partial charge in [-0.2, -0.15) is 21.6 Å². The van der Waals surface area contributed by atoms with E-state index >= 15 is 0 Å². The Balaban J connectivity index is 0. The van der Waals surface area contributed by atoms with Gasteiger partial charge in [0.15, 0.2) is 0 Å². The molecule has 0 aromatic rings. The van der Waals surface area contributed by atoms with Crippen LogP contribution in [0.4, 0.5) is 22.0 Å². The van der Waals surface area contributed by atoms with Crippen molar-refractivity contribution in [3.05, 3.63) is 0 Å². The van der Waals surface area contributed by atoms with Gasteiger partial charge in [0.1, 0.15) is 0 Å². The fraction of sp³-hybridized carbons (Fsp3) is 1.00. The maximum Gasteiger partial charge on any atom is 0.522 e. The van der Waals surface area contributed by atoms with E-state index in [2.05, 4.69) is 0 Å². The molecule has 0 atom stereocenters. The van der Waals surface area contributed by atoms with Crippen LogP contribution >= 0.6 is 0 Å². The van der Waals surface area contributed by atoms with E-state index in [9.17, 15) is 22.0 Å². The molecule has 0 heterocycles. The predicted octanol–water partition coefficient (Wildman–Crippen LogP) is 1.38. The largest absolute Gasteiger partial charge is 0.522 e. The predicted molar refractivity (Wildman–Crippen MR) is 41.9 cm³/mol. The standard InChI is InChI=1S/C4H9F2N.CHF3O3S/c5-4(6)2-1-3-7;2-1(3,4)8(5,6)7/h4H,1-3,7H2;(H,5,6,7). The van der Waals surface area contributed by atoms with Crippen LogP contribution in [-0.4, -0.2) is 31.4 Å². The van der Waals surface area contributed by atoms with Crippen molar-refractivity contribution in [3.63, 3.8) is 0 Å². The quantitative estimate of drug-likeness (QED) is 0.456. The van der Waals surface area contributed by atoms with E-state index in [-0.39, 0.29) is 6.42 Å². The van der Waals surface area contributed by atoms with E-state index in [0.29, 0.717) is 13.0 Å². The van der Waals surface area contributed by atoms with Gasteiger partial charge in [-0.25, -0.2) is 8.78 Å². The average molecular weight is 259 g/mol. The van der Waals surface area contributed by atoms with E-state index in [0.717, 1.165) is 0 Å². The summed E-state index contributed by atoms with van der Waals surface area (Å²) in [5.41, 5.74) is -0.591. The summed E-state index contributed by atoms with van der Waals surface area (Å²) >= 11 is 0. The fourth-order valence-corrected chi connectivity index (χ4v) is 0.272. The summed E-state index contributed by atoms with van der Waals surface area (Å²) < 4.78 is 79.9. The lowest BCUT2D eigenvalue weighted by Gasteiger charge is -1.97. The first-order valence-electron chi connectivity index (χ1n) is 3.54. The van der Waals surface area contributed by atoms with Crippen molar-refractivity contribution in [3.8, 4) is 0 Å². The molecule has 0 saturated heterocycles. The van der Waals surface area contributed by atoms with Crippen LogP contribution < -0.4 is 5.73 Å². The maximum atomic E-state index is 11.2. The van der Waals surface area contributed by atoms with Gasteiger partial charge in [-0.15, -0.1) is 0 Å². The molecule has 0 rings (SSSR count). The summed E-state index contributed by atoms with van der Waals surface area (Å²) in [4.78, 5) is 0. The number of alkyl halides is 5. The fourth-order valence-electron chi connectivity index (χ4n) is 0.272. The molecule has 0 unspecified atom stereocenters. The second kappa shape index (κ2) is 6.90. The molecule has 0 saturated carbocycles. The van der Waals surface area contributed by atoms with Crippen molar-refractivity contribution in [1.29, 1.82) is 0 Å². The minimum Gasteiger partial charge on any atom is -0.330 e.